The SMILES string of the molecule is CCc1ccc(S(=O)(=O)N(C)C(C)C(C)C)cc1N. The largest absolute Gasteiger partial charge is 0.398 e. The molecule has 0 bridgehead atoms. The minimum absolute atomic E-state index is 0.0583. The van der Waals surface area contributed by atoms with E-state index < -0.39 is 10.0 Å². The van der Waals surface area contributed by atoms with Gasteiger partial charge in [0, 0.05) is 18.8 Å². The molecular formula is C14H24N2O2S. The molecule has 2 N–H and O–H groups in total. The number of benzene rings is 1. The number of nitrogens with zero attached hydrogens (tertiary/aromatic N) is 1. The van der Waals surface area contributed by atoms with Crippen LogP contribution in [-0.2, 0) is 16.4 Å². The van der Waals surface area contributed by atoms with Crippen molar-refractivity contribution < 1.29 is 8.42 Å². The molecule has 0 aliphatic heterocycles. The molecule has 108 valence electrons. The molecule has 0 saturated carbocycles. The van der Waals surface area contributed by atoms with Crippen LogP contribution in [0.3, 0.4) is 0 Å². The molecule has 4 nitrogen and oxygen atoms in total. The molecule has 0 amide bonds. The average Bonchev–Trinajstić information content (AvgIpc) is 2.36. The van der Waals surface area contributed by atoms with Crippen LogP contribution in [0.4, 0.5) is 5.69 Å². The third kappa shape index (κ3) is 3.28. The third-order valence-electron chi connectivity index (χ3n) is 3.71. The fourth-order valence-electron chi connectivity index (χ4n) is 1.86. The Kier molecular flexibility index (Phi) is 4.98. The third-order valence-corrected chi connectivity index (χ3v) is 5.65. The summed E-state index contributed by atoms with van der Waals surface area (Å²) >= 11 is 0. The summed E-state index contributed by atoms with van der Waals surface area (Å²) in [5.41, 5.74) is 7.39. The fraction of sp³-hybridized carbons (Fsp3) is 0.571. The van der Waals surface area contributed by atoms with Crippen molar-refractivity contribution in [2.24, 2.45) is 5.92 Å². The van der Waals surface area contributed by atoms with Crippen LogP contribution in [0.15, 0.2) is 23.1 Å². The molecule has 19 heavy (non-hydrogen) atoms. The predicted molar refractivity (Wildman–Crippen MR) is 79.5 cm³/mol. The molecule has 0 radical (unpaired) electrons. The summed E-state index contributed by atoms with van der Waals surface area (Å²) in [7, 11) is -1.86. The monoisotopic (exact) mass is 284 g/mol. The average molecular weight is 284 g/mol. The highest BCUT2D eigenvalue weighted by Crippen LogP contribution is 2.23. The van der Waals surface area contributed by atoms with Crippen LogP contribution in [0.1, 0.15) is 33.3 Å². The van der Waals surface area contributed by atoms with Crippen molar-refractivity contribution in [1.29, 1.82) is 0 Å². The van der Waals surface area contributed by atoms with Crippen molar-refractivity contribution in [3.8, 4) is 0 Å². The maximum absolute atomic E-state index is 12.5. The van der Waals surface area contributed by atoms with Crippen LogP contribution >= 0.6 is 0 Å². The van der Waals surface area contributed by atoms with E-state index in [1.54, 1.807) is 25.2 Å². The summed E-state index contributed by atoms with van der Waals surface area (Å²) in [4.78, 5) is 0.261. The van der Waals surface area contributed by atoms with Gasteiger partial charge in [0.15, 0.2) is 0 Å². The van der Waals surface area contributed by atoms with Crippen molar-refractivity contribution >= 4 is 15.7 Å². The van der Waals surface area contributed by atoms with Crippen molar-refractivity contribution in [1.82, 2.24) is 4.31 Å². The van der Waals surface area contributed by atoms with Crippen LogP contribution in [0.2, 0.25) is 0 Å². The van der Waals surface area contributed by atoms with Gasteiger partial charge in [-0.1, -0.05) is 26.8 Å². The van der Waals surface area contributed by atoms with E-state index in [1.807, 2.05) is 27.7 Å². The van der Waals surface area contributed by atoms with Crippen LogP contribution in [0.25, 0.3) is 0 Å². The topological polar surface area (TPSA) is 63.4 Å². The van der Waals surface area contributed by atoms with Crippen LogP contribution in [0.5, 0.6) is 0 Å². The molecule has 1 aromatic carbocycles. The number of hydrogen-bond donors (Lipinski definition) is 1. The molecular weight excluding hydrogens is 260 g/mol. The first-order chi connectivity index (χ1) is 8.71. The second-order valence-electron chi connectivity index (χ2n) is 5.22. The lowest BCUT2D eigenvalue weighted by molar-refractivity contribution is 0.316. The summed E-state index contributed by atoms with van der Waals surface area (Å²) in [5.74, 6) is 0.257. The van der Waals surface area contributed by atoms with E-state index in [2.05, 4.69) is 0 Å². The van der Waals surface area contributed by atoms with Gasteiger partial charge in [-0.2, -0.15) is 4.31 Å². The number of nitrogens with two attached hydrogens (primary N) is 1. The molecule has 0 aliphatic carbocycles. The normalized spacial score (nSPS) is 14.1. The summed E-state index contributed by atoms with van der Waals surface area (Å²) in [6, 6.07) is 4.92. The minimum Gasteiger partial charge on any atom is -0.398 e. The molecule has 1 atom stereocenters. The van der Waals surface area contributed by atoms with Gasteiger partial charge in [0.05, 0.1) is 4.90 Å². The van der Waals surface area contributed by atoms with E-state index in [-0.39, 0.29) is 16.9 Å². The molecule has 0 spiro atoms. The molecule has 0 aliphatic rings. The first kappa shape index (κ1) is 16.0. The molecule has 5 heteroatoms. The van der Waals surface area contributed by atoms with Gasteiger partial charge in [0.25, 0.3) is 0 Å². The summed E-state index contributed by atoms with van der Waals surface area (Å²) in [6.07, 6.45) is 0.796. The second-order valence-corrected chi connectivity index (χ2v) is 7.22. The van der Waals surface area contributed by atoms with E-state index in [4.69, 9.17) is 5.73 Å². The Labute approximate surface area is 116 Å². The zero-order chi connectivity index (χ0) is 14.8. The predicted octanol–water partition coefficient (Wildman–Crippen LogP) is 2.50. The van der Waals surface area contributed by atoms with E-state index in [0.29, 0.717) is 5.69 Å². The van der Waals surface area contributed by atoms with Gasteiger partial charge in [0.1, 0.15) is 0 Å². The zero-order valence-electron chi connectivity index (χ0n) is 12.3. The van der Waals surface area contributed by atoms with Gasteiger partial charge < -0.3 is 5.73 Å². The maximum Gasteiger partial charge on any atom is 0.243 e. The number of sulfonamides is 1. The highest BCUT2D eigenvalue weighted by Gasteiger charge is 2.27. The number of aryl methyl sites for hydroxylation is 1. The van der Waals surface area contributed by atoms with Gasteiger partial charge in [-0.15, -0.1) is 0 Å². The van der Waals surface area contributed by atoms with Crippen molar-refractivity contribution in [3.63, 3.8) is 0 Å². The van der Waals surface area contributed by atoms with Crippen LogP contribution < -0.4 is 5.73 Å². The Bertz CT molecular complexity index is 538. The van der Waals surface area contributed by atoms with Crippen molar-refractivity contribution in [2.75, 3.05) is 12.8 Å². The minimum atomic E-state index is -3.48. The van der Waals surface area contributed by atoms with Gasteiger partial charge in [-0.3, -0.25) is 0 Å². The number of rotatable bonds is 5. The van der Waals surface area contributed by atoms with E-state index >= 15 is 0 Å². The van der Waals surface area contributed by atoms with Gasteiger partial charge in [-0.25, -0.2) is 8.42 Å². The fourth-order valence-corrected chi connectivity index (χ4v) is 3.39. The quantitative estimate of drug-likeness (QED) is 0.845. The van der Waals surface area contributed by atoms with Crippen molar-refractivity contribution in [3.05, 3.63) is 23.8 Å². The first-order valence-electron chi connectivity index (χ1n) is 6.58. The number of anilines is 1. The molecule has 1 unspecified atom stereocenters. The smallest absolute Gasteiger partial charge is 0.243 e. The van der Waals surface area contributed by atoms with Crippen LogP contribution in [0, 0.1) is 5.92 Å². The van der Waals surface area contributed by atoms with E-state index in [0.717, 1.165) is 12.0 Å². The Hall–Kier alpha value is -1.07. The molecule has 1 rings (SSSR count). The van der Waals surface area contributed by atoms with Crippen LogP contribution in [-0.4, -0.2) is 25.8 Å². The van der Waals surface area contributed by atoms with Gasteiger partial charge in [-0.05, 0) is 37.0 Å². The summed E-state index contributed by atoms with van der Waals surface area (Å²) < 4.78 is 26.4. The standard InChI is InChI=1S/C14H24N2O2S/c1-6-12-7-8-13(9-14(12)15)19(17,18)16(5)11(4)10(2)3/h7-11H,6,15H2,1-5H3. The lowest BCUT2D eigenvalue weighted by atomic mass is 10.1. The van der Waals surface area contributed by atoms with Crippen molar-refractivity contribution in [2.45, 2.75) is 45.1 Å². The van der Waals surface area contributed by atoms with Gasteiger partial charge >= 0.3 is 0 Å². The Balaban J connectivity index is 3.17. The molecule has 0 fully saturated rings. The maximum atomic E-state index is 12.5. The lowest BCUT2D eigenvalue weighted by Crippen LogP contribution is -2.38. The summed E-state index contributed by atoms with van der Waals surface area (Å²) in [6.45, 7) is 7.91. The first-order valence-corrected chi connectivity index (χ1v) is 8.02. The number of nitrogen functional groups attached to an aromatic ring is 1. The zero-order valence-corrected chi connectivity index (χ0v) is 13.2. The summed E-state index contributed by atoms with van der Waals surface area (Å²) in [5, 5.41) is 0. The molecule has 1 aromatic rings. The van der Waals surface area contributed by atoms with E-state index in [9.17, 15) is 8.42 Å². The molecule has 0 saturated heterocycles. The Morgan fingerprint density at radius 3 is 2.26 bits per heavy atom. The molecule has 0 heterocycles. The number of hydrogen-bond acceptors (Lipinski definition) is 3. The van der Waals surface area contributed by atoms with E-state index in [1.165, 1.54) is 4.31 Å². The lowest BCUT2D eigenvalue weighted by Gasteiger charge is -2.27. The molecule has 0 aromatic heterocycles. The highest BCUT2D eigenvalue weighted by atomic mass is 32.2. The second kappa shape index (κ2) is 5.92. The Morgan fingerprint density at radius 2 is 1.84 bits per heavy atom. The highest BCUT2D eigenvalue weighted by molar-refractivity contribution is 7.89. The Morgan fingerprint density at radius 1 is 1.26 bits per heavy atom. The van der Waals surface area contributed by atoms with Gasteiger partial charge in [0.2, 0.25) is 10.0 Å².